The fraction of sp³-hybridized carbons (Fsp3) is 0.333. The monoisotopic (exact) mass is 354 g/mol. The van der Waals surface area contributed by atoms with E-state index in [-0.39, 0.29) is 5.91 Å². The third kappa shape index (κ3) is 4.08. The molecule has 0 aliphatic carbocycles. The molecule has 0 saturated heterocycles. The van der Waals surface area contributed by atoms with E-state index in [2.05, 4.69) is 20.6 Å². The zero-order valence-electron chi connectivity index (χ0n) is 14.9. The van der Waals surface area contributed by atoms with Crippen LogP contribution in [0.5, 0.6) is 5.75 Å². The standard InChI is InChI=1S/C18H22N6O2/c1-14-17(18(25)20-8-3-4-10-23-11-9-19-13-23)21-22-24(14)15-6-5-7-16(12-15)26-2/h5-7,9,11-13H,3-4,8,10H2,1-2H3,(H,20,25). The smallest absolute Gasteiger partial charge is 0.273 e. The van der Waals surface area contributed by atoms with Gasteiger partial charge in [0.25, 0.3) is 5.91 Å². The summed E-state index contributed by atoms with van der Waals surface area (Å²) in [5, 5.41) is 11.0. The van der Waals surface area contributed by atoms with Crippen LogP contribution in [0.3, 0.4) is 0 Å². The van der Waals surface area contributed by atoms with Crippen molar-refractivity contribution in [1.29, 1.82) is 0 Å². The van der Waals surface area contributed by atoms with Gasteiger partial charge < -0.3 is 14.6 Å². The summed E-state index contributed by atoms with van der Waals surface area (Å²) >= 11 is 0. The van der Waals surface area contributed by atoms with E-state index < -0.39 is 0 Å². The summed E-state index contributed by atoms with van der Waals surface area (Å²) in [4.78, 5) is 16.4. The molecule has 0 aliphatic heterocycles. The first-order valence-corrected chi connectivity index (χ1v) is 8.49. The van der Waals surface area contributed by atoms with Crippen LogP contribution in [0.15, 0.2) is 43.0 Å². The second-order valence-electron chi connectivity index (χ2n) is 5.90. The molecule has 1 aromatic carbocycles. The molecule has 0 aliphatic rings. The Labute approximate surface area is 151 Å². The molecule has 0 fully saturated rings. The van der Waals surface area contributed by atoms with Crippen LogP contribution in [0.1, 0.15) is 29.0 Å². The highest BCUT2D eigenvalue weighted by molar-refractivity contribution is 5.93. The van der Waals surface area contributed by atoms with Gasteiger partial charge in [0.2, 0.25) is 0 Å². The summed E-state index contributed by atoms with van der Waals surface area (Å²) in [6.07, 6.45) is 7.33. The van der Waals surface area contributed by atoms with Crippen LogP contribution in [0.25, 0.3) is 5.69 Å². The summed E-state index contributed by atoms with van der Waals surface area (Å²) in [6, 6.07) is 7.46. The van der Waals surface area contributed by atoms with Gasteiger partial charge in [-0.3, -0.25) is 4.79 Å². The SMILES string of the molecule is COc1cccc(-n2nnc(C(=O)NCCCCn3ccnc3)c2C)c1. The van der Waals surface area contributed by atoms with Crippen LogP contribution in [0, 0.1) is 6.92 Å². The highest BCUT2D eigenvalue weighted by atomic mass is 16.5. The van der Waals surface area contributed by atoms with Crippen molar-refractivity contribution in [1.82, 2.24) is 29.9 Å². The largest absolute Gasteiger partial charge is 0.497 e. The van der Waals surface area contributed by atoms with Crippen molar-refractivity contribution < 1.29 is 9.53 Å². The van der Waals surface area contributed by atoms with E-state index in [0.717, 1.165) is 30.8 Å². The lowest BCUT2D eigenvalue weighted by Crippen LogP contribution is -2.25. The molecule has 2 heterocycles. The van der Waals surface area contributed by atoms with E-state index in [1.807, 2.05) is 42.0 Å². The molecule has 1 amide bonds. The molecule has 1 N–H and O–H groups in total. The number of carbonyl (C=O) groups excluding carboxylic acids is 1. The Kier molecular flexibility index (Phi) is 5.62. The highest BCUT2D eigenvalue weighted by Gasteiger charge is 2.17. The third-order valence-corrected chi connectivity index (χ3v) is 4.10. The van der Waals surface area contributed by atoms with Gasteiger partial charge in [-0.25, -0.2) is 9.67 Å². The maximum absolute atomic E-state index is 12.4. The summed E-state index contributed by atoms with van der Waals surface area (Å²) in [5.41, 5.74) is 1.82. The van der Waals surface area contributed by atoms with E-state index in [1.54, 1.807) is 24.3 Å². The number of aryl methyl sites for hydroxylation is 1. The maximum atomic E-state index is 12.4. The molecule has 0 atom stereocenters. The fourth-order valence-corrected chi connectivity index (χ4v) is 2.65. The van der Waals surface area contributed by atoms with Crippen molar-refractivity contribution in [2.75, 3.05) is 13.7 Å². The van der Waals surface area contributed by atoms with E-state index in [9.17, 15) is 4.79 Å². The van der Waals surface area contributed by atoms with Crippen LogP contribution < -0.4 is 10.1 Å². The average Bonchev–Trinajstić information content (AvgIpc) is 3.31. The van der Waals surface area contributed by atoms with Crippen molar-refractivity contribution >= 4 is 5.91 Å². The first-order valence-electron chi connectivity index (χ1n) is 8.49. The van der Waals surface area contributed by atoms with E-state index in [4.69, 9.17) is 4.74 Å². The average molecular weight is 354 g/mol. The minimum absolute atomic E-state index is 0.209. The quantitative estimate of drug-likeness (QED) is 0.625. The molecule has 3 aromatic rings. The molecule has 0 radical (unpaired) electrons. The number of amides is 1. The van der Waals surface area contributed by atoms with Crippen molar-refractivity contribution in [3.8, 4) is 11.4 Å². The van der Waals surface area contributed by atoms with Crippen LogP contribution in [-0.2, 0) is 6.54 Å². The minimum atomic E-state index is -0.209. The molecule has 8 nitrogen and oxygen atoms in total. The van der Waals surface area contributed by atoms with Gasteiger partial charge in [-0.2, -0.15) is 0 Å². The number of rotatable bonds is 8. The van der Waals surface area contributed by atoms with E-state index in [0.29, 0.717) is 17.9 Å². The number of unbranched alkanes of at least 4 members (excludes halogenated alkanes) is 1. The lowest BCUT2D eigenvalue weighted by molar-refractivity contribution is 0.0947. The van der Waals surface area contributed by atoms with E-state index >= 15 is 0 Å². The molecule has 0 saturated carbocycles. The number of ether oxygens (including phenoxy) is 1. The number of imidazole rings is 1. The second kappa shape index (κ2) is 8.28. The molecule has 2 aromatic heterocycles. The maximum Gasteiger partial charge on any atom is 0.273 e. The highest BCUT2D eigenvalue weighted by Crippen LogP contribution is 2.18. The Morgan fingerprint density at radius 2 is 2.19 bits per heavy atom. The molecule has 136 valence electrons. The molecule has 8 heteroatoms. The number of benzene rings is 1. The number of methoxy groups -OCH3 is 1. The second-order valence-corrected chi connectivity index (χ2v) is 5.90. The van der Waals surface area contributed by atoms with Gasteiger partial charge in [-0.05, 0) is 31.9 Å². The molecular weight excluding hydrogens is 332 g/mol. The van der Waals surface area contributed by atoms with Crippen LogP contribution in [0.2, 0.25) is 0 Å². The molecule has 0 bridgehead atoms. The van der Waals surface area contributed by atoms with Crippen LogP contribution >= 0.6 is 0 Å². The van der Waals surface area contributed by atoms with Gasteiger partial charge in [-0.15, -0.1) is 5.10 Å². The van der Waals surface area contributed by atoms with Crippen LogP contribution in [0.4, 0.5) is 0 Å². The normalized spacial score (nSPS) is 10.7. The number of carbonyl (C=O) groups is 1. The Morgan fingerprint density at radius 1 is 1.31 bits per heavy atom. The Bertz CT molecular complexity index is 856. The summed E-state index contributed by atoms with van der Waals surface area (Å²) in [7, 11) is 1.61. The Morgan fingerprint density at radius 3 is 2.96 bits per heavy atom. The van der Waals surface area contributed by atoms with Gasteiger partial charge in [0.15, 0.2) is 5.69 Å². The van der Waals surface area contributed by atoms with Gasteiger partial charge in [-0.1, -0.05) is 11.3 Å². The first kappa shape index (κ1) is 17.7. The number of nitrogens with one attached hydrogen (secondary N) is 1. The summed E-state index contributed by atoms with van der Waals surface area (Å²) in [5.74, 6) is 0.514. The Hall–Kier alpha value is -3.16. The predicted molar refractivity (Wildman–Crippen MR) is 96.4 cm³/mol. The Balaban J connectivity index is 1.55. The zero-order valence-corrected chi connectivity index (χ0v) is 14.9. The predicted octanol–water partition coefficient (Wildman–Crippen LogP) is 1.99. The molecule has 0 unspecified atom stereocenters. The van der Waals surface area contributed by atoms with Crippen molar-refractivity contribution in [2.45, 2.75) is 26.3 Å². The van der Waals surface area contributed by atoms with Crippen molar-refractivity contribution in [3.63, 3.8) is 0 Å². The van der Waals surface area contributed by atoms with E-state index in [1.165, 1.54) is 0 Å². The molecule has 26 heavy (non-hydrogen) atoms. The molecule has 3 rings (SSSR count). The third-order valence-electron chi connectivity index (χ3n) is 4.10. The fourth-order valence-electron chi connectivity index (χ4n) is 2.65. The number of hydrogen-bond acceptors (Lipinski definition) is 5. The van der Waals surface area contributed by atoms with Crippen molar-refractivity contribution in [2.24, 2.45) is 0 Å². The zero-order chi connectivity index (χ0) is 18.4. The number of nitrogens with zero attached hydrogens (tertiary/aromatic N) is 5. The molecule has 0 spiro atoms. The van der Waals surface area contributed by atoms with Gasteiger partial charge >= 0.3 is 0 Å². The minimum Gasteiger partial charge on any atom is -0.497 e. The van der Waals surface area contributed by atoms with Crippen molar-refractivity contribution in [3.05, 3.63) is 54.4 Å². The lowest BCUT2D eigenvalue weighted by atomic mass is 10.2. The number of hydrogen-bond donors (Lipinski definition) is 1. The topological polar surface area (TPSA) is 86.9 Å². The lowest BCUT2D eigenvalue weighted by Gasteiger charge is -2.07. The van der Waals surface area contributed by atoms with Crippen LogP contribution in [-0.4, -0.2) is 44.1 Å². The summed E-state index contributed by atoms with van der Waals surface area (Å²) < 4.78 is 8.88. The van der Waals surface area contributed by atoms with Gasteiger partial charge in [0.05, 0.1) is 24.8 Å². The number of aromatic nitrogens is 5. The first-order chi connectivity index (χ1) is 12.7. The summed E-state index contributed by atoms with van der Waals surface area (Å²) in [6.45, 7) is 3.31. The van der Waals surface area contributed by atoms with Gasteiger partial charge in [0.1, 0.15) is 5.75 Å². The molecular formula is C18H22N6O2. The van der Waals surface area contributed by atoms with Gasteiger partial charge in [0, 0.05) is 31.5 Å².